The molecule has 2 aromatic rings. The highest BCUT2D eigenvalue weighted by molar-refractivity contribution is 7.85. The van der Waals surface area contributed by atoms with Crippen LogP contribution in [0.3, 0.4) is 0 Å². The van der Waals surface area contributed by atoms with E-state index in [0.717, 1.165) is 18.7 Å². The molecule has 2 rings (SSSR count). The Hall–Kier alpha value is -1.79. The van der Waals surface area contributed by atoms with E-state index in [1.165, 1.54) is 5.69 Å². The summed E-state index contributed by atoms with van der Waals surface area (Å²) in [5.74, 6) is -0.240. The maximum absolute atomic E-state index is 10.7. The van der Waals surface area contributed by atoms with E-state index in [4.69, 9.17) is 4.55 Å². The fourth-order valence-electron chi connectivity index (χ4n) is 2.09. The lowest BCUT2D eigenvalue weighted by Gasteiger charge is -2.00. The monoisotopic (exact) mass is 308 g/mol. The number of aryl methyl sites for hydroxylation is 4. The van der Waals surface area contributed by atoms with Gasteiger partial charge in [0, 0.05) is 31.2 Å². The Kier molecular flexibility index (Phi) is 5.03. The normalized spacial score (nSPS) is 11.5. The van der Waals surface area contributed by atoms with Gasteiger partial charge in [-0.2, -0.15) is 17.6 Å². The molecule has 2 heterocycles. The molecule has 0 amide bonds. The molecule has 112 valence electrons. The molecule has 0 aromatic carbocycles. The second-order valence-electron chi connectivity index (χ2n) is 5.02. The van der Waals surface area contributed by atoms with E-state index in [0.29, 0.717) is 6.42 Å². The Balaban J connectivity index is 1.92. The van der Waals surface area contributed by atoms with Gasteiger partial charge in [-0.15, -0.1) is 0 Å². The van der Waals surface area contributed by atoms with Gasteiger partial charge in [0.1, 0.15) is 0 Å². The van der Waals surface area contributed by atoms with Crippen LogP contribution in [0.1, 0.15) is 11.3 Å². The maximum atomic E-state index is 10.7. The number of nitrogens with zero attached hydrogens (tertiary/aromatic N) is 2. The molecule has 21 heavy (non-hydrogen) atoms. The van der Waals surface area contributed by atoms with Gasteiger partial charge in [-0.25, -0.2) is 0 Å². The van der Waals surface area contributed by atoms with Crippen molar-refractivity contribution in [1.29, 1.82) is 0 Å². The van der Waals surface area contributed by atoms with E-state index in [1.807, 2.05) is 36.7 Å². The van der Waals surface area contributed by atoms with E-state index in [-0.39, 0.29) is 5.75 Å². The van der Waals surface area contributed by atoms with Gasteiger partial charge in [0.25, 0.3) is 10.1 Å². The SMILES string of the molecule is Cc1cccc[n+]1CC[n+]1ccc(CCS(=O)(=O)O)cc1. The third-order valence-electron chi connectivity index (χ3n) is 3.38. The van der Waals surface area contributed by atoms with Crippen LogP contribution in [0.2, 0.25) is 0 Å². The minimum absolute atomic E-state index is 0.240. The summed E-state index contributed by atoms with van der Waals surface area (Å²) in [6.45, 7) is 3.79. The highest BCUT2D eigenvalue weighted by Crippen LogP contribution is 1.99. The molecule has 0 aliphatic rings. The van der Waals surface area contributed by atoms with Crippen LogP contribution in [-0.2, 0) is 29.6 Å². The standard InChI is InChI=1S/C15H19N2O3S/c1-14-4-2-3-8-17(14)12-11-16-9-5-15(6-10-16)7-13-21(18,19)20/h2-6,8-10H,7,11-13H2,1H3/q+1/p+1. The van der Waals surface area contributed by atoms with Gasteiger partial charge < -0.3 is 0 Å². The minimum Gasteiger partial charge on any atom is -0.286 e. The summed E-state index contributed by atoms with van der Waals surface area (Å²) in [5, 5.41) is 0. The Bertz CT molecular complexity index is 697. The lowest BCUT2D eigenvalue weighted by molar-refractivity contribution is -0.781. The van der Waals surface area contributed by atoms with Gasteiger partial charge in [-0.05, 0) is 12.0 Å². The number of aromatic nitrogens is 2. The first-order valence-electron chi connectivity index (χ1n) is 6.82. The number of hydrogen-bond donors (Lipinski definition) is 1. The highest BCUT2D eigenvalue weighted by Gasteiger charge is 2.10. The van der Waals surface area contributed by atoms with Crippen LogP contribution >= 0.6 is 0 Å². The van der Waals surface area contributed by atoms with Crippen molar-refractivity contribution in [3.63, 3.8) is 0 Å². The second-order valence-corrected chi connectivity index (χ2v) is 6.59. The summed E-state index contributed by atoms with van der Waals surface area (Å²) in [6, 6.07) is 9.86. The quantitative estimate of drug-likeness (QED) is 0.631. The molecule has 1 N–H and O–H groups in total. The lowest BCUT2D eigenvalue weighted by atomic mass is 10.2. The molecule has 0 aliphatic heterocycles. The average Bonchev–Trinajstić information content (AvgIpc) is 2.45. The molecular formula is C15H20N2O3S+2. The zero-order valence-electron chi connectivity index (χ0n) is 12.0. The van der Waals surface area contributed by atoms with E-state index < -0.39 is 10.1 Å². The van der Waals surface area contributed by atoms with Crippen LogP contribution in [0.5, 0.6) is 0 Å². The highest BCUT2D eigenvalue weighted by atomic mass is 32.2. The minimum atomic E-state index is -3.89. The summed E-state index contributed by atoms with van der Waals surface area (Å²) >= 11 is 0. The number of hydrogen-bond acceptors (Lipinski definition) is 2. The van der Waals surface area contributed by atoms with E-state index in [2.05, 4.69) is 28.3 Å². The molecule has 0 bridgehead atoms. The molecule has 2 aromatic heterocycles. The third-order valence-corrected chi connectivity index (χ3v) is 4.10. The van der Waals surface area contributed by atoms with Crippen molar-refractivity contribution < 1.29 is 22.1 Å². The zero-order valence-corrected chi connectivity index (χ0v) is 12.8. The molecule has 0 radical (unpaired) electrons. The van der Waals surface area contributed by atoms with Crippen molar-refractivity contribution in [2.75, 3.05) is 5.75 Å². The predicted octanol–water partition coefficient (Wildman–Crippen LogP) is 0.701. The molecule has 0 spiro atoms. The second kappa shape index (κ2) is 6.78. The number of rotatable bonds is 6. The molecule has 5 nitrogen and oxygen atoms in total. The lowest BCUT2D eigenvalue weighted by Crippen LogP contribution is -2.45. The van der Waals surface area contributed by atoms with Crippen molar-refractivity contribution in [1.82, 2.24) is 0 Å². The van der Waals surface area contributed by atoms with Crippen molar-refractivity contribution in [3.05, 3.63) is 60.2 Å². The summed E-state index contributed by atoms with van der Waals surface area (Å²) in [6.07, 6.45) is 6.24. The molecule has 6 heteroatoms. The third kappa shape index (κ3) is 5.24. The summed E-state index contributed by atoms with van der Waals surface area (Å²) < 4.78 is 34.4. The summed E-state index contributed by atoms with van der Waals surface area (Å²) in [7, 11) is -3.89. The fraction of sp³-hybridized carbons (Fsp3) is 0.333. The molecule has 0 aliphatic carbocycles. The first kappa shape index (κ1) is 15.6. The summed E-state index contributed by atoms with van der Waals surface area (Å²) in [5.41, 5.74) is 2.11. The van der Waals surface area contributed by atoms with Gasteiger partial charge in [0.2, 0.25) is 13.1 Å². The van der Waals surface area contributed by atoms with Crippen LogP contribution in [-0.4, -0.2) is 18.7 Å². The van der Waals surface area contributed by atoms with Gasteiger partial charge in [-0.3, -0.25) is 4.55 Å². The molecular weight excluding hydrogens is 288 g/mol. The fourth-order valence-corrected chi connectivity index (χ4v) is 2.58. The van der Waals surface area contributed by atoms with E-state index >= 15 is 0 Å². The van der Waals surface area contributed by atoms with Crippen molar-refractivity contribution in [2.24, 2.45) is 0 Å². The topological polar surface area (TPSA) is 62.1 Å². The Morgan fingerprint density at radius 2 is 1.76 bits per heavy atom. The molecule has 0 atom stereocenters. The van der Waals surface area contributed by atoms with Gasteiger partial charge >= 0.3 is 0 Å². The largest absolute Gasteiger partial charge is 0.286 e. The first-order valence-corrected chi connectivity index (χ1v) is 8.43. The van der Waals surface area contributed by atoms with Gasteiger partial charge in [0.05, 0.1) is 5.75 Å². The van der Waals surface area contributed by atoms with Crippen LogP contribution < -0.4 is 9.13 Å². The van der Waals surface area contributed by atoms with E-state index in [9.17, 15) is 8.42 Å². The molecule has 0 unspecified atom stereocenters. The van der Waals surface area contributed by atoms with Crippen LogP contribution in [0.25, 0.3) is 0 Å². The molecule has 0 saturated heterocycles. The number of pyridine rings is 2. The first-order chi connectivity index (χ1) is 9.94. The summed E-state index contributed by atoms with van der Waals surface area (Å²) in [4.78, 5) is 0. The Morgan fingerprint density at radius 1 is 1.05 bits per heavy atom. The van der Waals surface area contributed by atoms with Gasteiger partial charge in [0.15, 0.2) is 24.3 Å². The predicted molar refractivity (Wildman–Crippen MR) is 78.1 cm³/mol. The zero-order chi connectivity index (χ0) is 15.3. The average molecular weight is 308 g/mol. The van der Waals surface area contributed by atoms with Gasteiger partial charge in [-0.1, -0.05) is 6.07 Å². The van der Waals surface area contributed by atoms with Crippen molar-refractivity contribution in [3.8, 4) is 0 Å². The Morgan fingerprint density at radius 3 is 2.38 bits per heavy atom. The van der Waals surface area contributed by atoms with Crippen LogP contribution in [0.4, 0.5) is 0 Å². The van der Waals surface area contributed by atoms with Crippen LogP contribution in [0, 0.1) is 6.92 Å². The maximum Gasteiger partial charge on any atom is 0.265 e. The van der Waals surface area contributed by atoms with Crippen molar-refractivity contribution >= 4 is 10.1 Å². The Labute approximate surface area is 125 Å². The van der Waals surface area contributed by atoms with E-state index in [1.54, 1.807) is 0 Å². The smallest absolute Gasteiger partial charge is 0.265 e. The molecule has 0 fully saturated rings. The van der Waals surface area contributed by atoms with Crippen LogP contribution in [0.15, 0.2) is 48.9 Å². The molecule has 0 saturated carbocycles. The van der Waals surface area contributed by atoms with Crippen molar-refractivity contribution in [2.45, 2.75) is 26.4 Å².